The van der Waals surface area contributed by atoms with E-state index in [9.17, 15) is 9.18 Å². The van der Waals surface area contributed by atoms with Crippen molar-refractivity contribution < 1.29 is 23.1 Å². The third kappa shape index (κ3) is 4.49. The van der Waals surface area contributed by atoms with Gasteiger partial charge in [0.25, 0.3) is 5.90 Å². The quantitative estimate of drug-likeness (QED) is 0.312. The number of aliphatic imine (C=N–C) groups is 1. The van der Waals surface area contributed by atoms with Crippen molar-refractivity contribution in [1.29, 1.82) is 0 Å². The van der Waals surface area contributed by atoms with E-state index < -0.39 is 5.97 Å². The molecule has 1 aromatic heterocycles. The SMILES string of the molecule is O=C1OC(c2ccco2)=N/C1=C\c1cc(Br)c(OCc2ccc(F)cc2)c(Br)c1. The number of ether oxygens (including phenoxy) is 2. The molecule has 0 N–H and O–H groups in total. The second-order valence-electron chi connectivity index (χ2n) is 6.04. The van der Waals surface area contributed by atoms with Crippen LogP contribution in [0, 0.1) is 5.82 Å². The Bertz CT molecular complexity index is 1100. The van der Waals surface area contributed by atoms with Gasteiger partial charge in [0.2, 0.25) is 0 Å². The van der Waals surface area contributed by atoms with Gasteiger partial charge in [-0.15, -0.1) is 0 Å². The molecule has 0 saturated heterocycles. The van der Waals surface area contributed by atoms with Gasteiger partial charge in [0, 0.05) is 0 Å². The molecule has 0 amide bonds. The maximum Gasteiger partial charge on any atom is 0.363 e. The van der Waals surface area contributed by atoms with E-state index in [2.05, 4.69) is 36.9 Å². The molecule has 0 atom stereocenters. The number of carbonyl (C=O) groups is 1. The number of benzene rings is 2. The Morgan fingerprint density at radius 2 is 1.83 bits per heavy atom. The van der Waals surface area contributed by atoms with E-state index in [-0.39, 0.29) is 24.0 Å². The zero-order valence-electron chi connectivity index (χ0n) is 14.7. The molecule has 2 aromatic carbocycles. The fourth-order valence-electron chi connectivity index (χ4n) is 2.61. The average Bonchev–Trinajstić information content (AvgIpc) is 3.33. The van der Waals surface area contributed by atoms with E-state index in [1.165, 1.54) is 18.4 Å². The van der Waals surface area contributed by atoms with Crippen molar-refractivity contribution in [2.75, 3.05) is 0 Å². The Morgan fingerprint density at radius 3 is 2.48 bits per heavy atom. The first-order chi connectivity index (χ1) is 14.0. The summed E-state index contributed by atoms with van der Waals surface area (Å²) >= 11 is 6.96. The fourth-order valence-corrected chi connectivity index (χ4v) is 4.06. The van der Waals surface area contributed by atoms with Crippen molar-refractivity contribution in [1.82, 2.24) is 0 Å². The number of carbonyl (C=O) groups excluding carboxylic acids is 1. The van der Waals surface area contributed by atoms with E-state index in [4.69, 9.17) is 13.9 Å². The standard InChI is InChI=1S/C21H12Br2FNO4/c22-15-8-13(10-17-21(26)29-20(25-17)18-2-1-7-27-18)9-16(23)19(15)28-11-12-3-5-14(24)6-4-12/h1-10H,11H2/b17-10-. The molecule has 0 saturated carbocycles. The van der Waals surface area contributed by atoms with Crippen molar-refractivity contribution in [3.05, 3.63) is 92.1 Å². The van der Waals surface area contributed by atoms with Crippen LogP contribution >= 0.6 is 31.9 Å². The van der Waals surface area contributed by atoms with Gasteiger partial charge in [0.15, 0.2) is 11.5 Å². The van der Waals surface area contributed by atoms with Crippen LogP contribution in [0.15, 0.2) is 78.8 Å². The van der Waals surface area contributed by atoms with Crippen LogP contribution in [0.25, 0.3) is 6.08 Å². The summed E-state index contributed by atoms with van der Waals surface area (Å²) in [6, 6.07) is 13.0. The molecule has 146 valence electrons. The normalized spacial score (nSPS) is 14.8. The lowest BCUT2D eigenvalue weighted by Gasteiger charge is -2.11. The Hall–Kier alpha value is -2.71. The molecule has 0 spiro atoms. The van der Waals surface area contributed by atoms with Crippen molar-refractivity contribution in [2.45, 2.75) is 6.61 Å². The molecule has 5 nitrogen and oxygen atoms in total. The van der Waals surface area contributed by atoms with E-state index in [0.29, 0.717) is 26.0 Å². The second kappa shape index (κ2) is 8.34. The third-order valence-electron chi connectivity index (χ3n) is 3.97. The van der Waals surface area contributed by atoms with Crippen LogP contribution in [0.1, 0.15) is 16.9 Å². The first-order valence-corrected chi connectivity index (χ1v) is 10.0. The van der Waals surface area contributed by atoms with Gasteiger partial charge in [-0.25, -0.2) is 14.2 Å². The number of hydrogen-bond donors (Lipinski definition) is 0. The van der Waals surface area contributed by atoms with Crippen LogP contribution in [0.4, 0.5) is 4.39 Å². The number of halogens is 3. The molecule has 2 heterocycles. The first kappa shape index (κ1) is 19.6. The Balaban J connectivity index is 1.54. The van der Waals surface area contributed by atoms with Gasteiger partial charge in [0.1, 0.15) is 18.2 Å². The molecule has 1 aliphatic rings. The monoisotopic (exact) mass is 519 g/mol. The Labute approximate surface area is 182 Å². The van der Waals surface area contributed by atoms with Crippen molar-refractivity contribution in [3.8, 4) is 5.75 Å². The highest BCUT2D eigenvalue weighted by molar-refractivity contribution is 9.11. The Morgan fingerprint density at radius 1 is 1.10 bits per heavy atom. The number of rotatable bonds is 5. The smallest absolute Gasteiger partial charge is 0.363 e. The number of esters is 1. The van der Waals surface area contributed by atoms with E-state index in [0.717, 1.165) is 5.56 Å². The van der Waals surface area contributed by atoms with Crippen LogP contribution in [0.5, 0.6) is 5.75 Å². The van der Waals surface area contributed by atoms with Gasteiger partial charge in [-0.05, 0) is 85.5 Å². The van der Waals surface area contributed by atoms with Gasteiger partial charge in [0.05, 0.1) is 15.2 Å². The van der Waals surface area contributed by atoms with Crippen molar-refractivity contribution in [3.63, 3.8) is 0 Å². The molecule has 0 radical (unpaired) electrons. The molecule has 0 unspecified atom stereocenters. The Kier molecular flexibility index (Phi) is 5.64. The number of hydrogen-bond acceptors (Lipinski definition) is 5. The zero-order chi connectivity index (χ0) is 20.4. The van der Waals surface area contributed by atoms with Gasteiger partial charge in [-0.3, -0.25) is 0 Å². The van der Waals surface area contributed by atoms with Crippen molar-refractivity contribution >= 4 is 49.8 Å². The lowest BCUT2D eigenvalue weighted by molar-refractivity contribution is -0.130. The predicted molar refractivity (Wildman–Crippen MR) is 112 cm³/mol. The second-order valence-corrected chi connectivity index (χ2v) is 7.75. The highest BCUT2D eigenvalue weighted by Gasteiger charge is 2.26. The predicted octanol–water partition coefficient (Wildman–Crippen LogP) is 5.87. The van der Waals surface area contributed by atoms with Gasteiger partial charge in [-0.2, -0.15) is 0 Å². The summed E-state index contributed by atoms with van der Waals surface area (Å²) < 4.78 is 30.6. The average molecular weight is 521 g/mol. The van der Waals surface area contributed by atoms with Crippen LogP contribution in [0.2, 0.25) is 0 Å². The number of nitrogens with zero attached hydrogens (tertiary/aromatic N) is 1. The largest absolute Gasteiger partial charge is 0.487 e. The zero-order valence-corrected chi connectivity index (χ0v) is 17.9. The summed E-state index contributed by atoms with van der Waals surface area (Å²) in [5.74, 6) is 0.250. The number of furan rings is 1. The lowest BCUT2D eigenvalue weighted by Crippen LogP contribution is -2.04. The maximum atomic E-state index is 13.0. The van der Waals surface area contributed by atoms with Crippen LogP contribution in [-0.2, 0) is 16.1 Å². The minimum Gasteiger partial charge on any atom is -0.487 e. The molecule has 0 bridgehead atoms. The molecule has 0 aliphatic carbocycles. The van der Waals surface area contributed by atoms with Gasteiger partial charge >= 0.3 is 5.97 Å². The highest BCUT2D eigenvalue weighted by atomic mass is 79.9. The molecule has 3 aromatic rings. The minimum absolute atomic E-state index is 0.128. The molecular weight excluding hydrogens is 509 g/mol. The van der Waals surface area contributed by atoms with Gasteiger partial charge < -0.3 is 13.9 Å². The molecule has 8 heteroatoms. The van der Waals surface area contributed by atoms with Crippen LogP contribution < -0.4 is 4.74 Å². The molecule has 4 rings (SSSR count). The summed E-state index contributed by atoms with van der Waals surface area (Å²) in [6.45, 7) is 0.279. The van der Waals surface area contributed by atoms with Gasteiger partial charge in [-0.1, -0.05) is 12.1 Å². The van der Waals surface area contributed by atoms with E-state index >= 15 is 0 Å². The molecule has 1 aliphatic heterocycles. The van der Waals surface area contributed by atoms with Crippen molar-refractivity contribution in [2.24, 2.45) is 4.99 Å². The molecule has 0 fully saturated rings. The summed E-state index contributed by atoms with van der Waals surface area (Å²) in [6.07, 6.45) is 3.09. The lowest BCUT2D eigenvalue weighted by atomic mass is 10.2. The topological polar surface area (TPSA) is 61.0 Å². The fraction of sp³-hybridized carbons (Fsp3) is 0.0476. The first-order valence-electron chi connectivity index (χ1n) is 8.42. The number of cyclic esters (lactones) is 1. The summed E-state index contributed by atoms with van der Waals surface area (Å²) in [4.78, 5) is 16.3. The van der Waals surface area contributed by atoms with Crippen LogP contribution in [0.3, 0.4) is 0 Å². The van der Waals surface area contributed by atoms with Crippen LogP contribution in [-0.4, -0.2) is 11.9 Å². The summed E-state index contributed by atoms with van der Waals surface area (Å²) in [7, 11) is 0. The maximum absolute atomic E-state index is 13.0. The van der Waals surface area contributed by atoms with E-state index in [1.54, 1.807) is 42.5 Å². The molecular formula is C21H12Br2FNO4. The molecule has 29 heavy (non-hydrogen) atoms. The summed E-state index contributed by atoms with van der Waals surface area (Å²) in [5.41, 5.74) is 1.72. The minimum atomic E-state index is -0.555. The third-order valence-corrected chi connectivity index (χ3v) is 5.15. The van der Waals surface area contributed by atoms with E-state index in [1.807, 2.05) is 0 Å². The summed E-state index contributed by atoms with van der Waals surface area (Å²) in [5, 5.41) is 0. The highest BCUT2D eigenvalue weighted by Crippen LogP contribution is 2.36.